The van der Waals surface area contributed by atoms with Gasteiger partial charge >= 0.3 is 0 Å². The molecule has 0 spiro atoms. The van der Waals surface area contributed by atoms with Crippen LogP contribution in [0.5, 0.6) is 0 Å². The van der Waals surface area contributed by atoms with Gasteiger partial charge in [-0.15, -0.1) is 0 Å². The Labute approximate surface area is 105 Å². The van der Waals surface area contributed by atoms with E-state index < -0.39 is 0 Å². The van der Waals surface area contributed by atoms with Gasteiger partial charge in [-0.3, -0.25) is 0 Å². The van der Waals surface area contributed by atoms with Gasteiger partial charge in [-0.1, -0.05) is 45.4 Å². The first-order valence-corrected chi connectivity index (χ1v) is 6.52. The van der Waals surface area contributed by atoms with Crippen LogP contribution in [0, 0.1) is 5.92 Å². The molecule has 0 aliphatic carbocycles. The van der Waals surface area contributed by atoms with E-state index in [1.165, 1.54) is 17.7 Å². The van der Waals surface area contributed by atoms with Gasteiger partial charge < -0.3 is 10.1 Å². The summed E-state index contributed by atoms with van der Waals surface area (Å²) in [5.74, 6) is 0.560. The van der Waals surface area contributed by atoms with E-state index in [-0.39, 0.29) is 0 Å². The van der Waals surface area contributed by atoms with Crippen LogP contribution in [-0.4, -0.2) is 19.8 Å². The molecule has 1 aromatic carbocycles. The fourth-order valence-electron chi connectivity index (χ4n) is 1.93. The second-order valence-corrected chi connectivity index (χ2v) is 4.86. The van der Waals surface area contributed by atoms with E-state index in [2.05, 4.69) is 50.4 Å². The molecular weight excluding hydrogens is 210 g/mol. The van der Waals surface area contributed by atoms with Crippen LogP contribution in [0.15, 0.2) is 24.3 Å². The van der Waals surface area contributed by atoms with Crippen LogP contribution in [0.2, 0.25) is 0 Å². The Hall–Kier alpha value is -1.02. The Morgan fingerprint density at radius 2 is 1.94 bits per heavy atom. The van der Waals surface area contributed by atoms with Crippen LogP contribution in [-0.2, 0) is 11.2 Å². The van der Waals surface area contributed by atoms with E-state index in [4.69, 9.17) is 4.74 Å². The molecular formula is C15H25NO. The highest BCUT2D eigenvalue weighted by molar-refractivity contribution is 5.52. The molecule has 0 saturated heterocycles. The molecule has 0 radical (unpaired) electrons. The maximum absolute atomic E-state index is 5.27. The van der Waals surface area contributed by atoms with Crippen molar-refractivity contribution in [3.63, 3.8) is 0 Å². The van der Waals surface area contributed by atoms with Gasteiger partial charge in [0.15, 0.2) is 0 Å². The molecule has 0 aromatic heterocycles. The Balaban J connectivity index is 2.77. The zero-order chi connectivity index (χ0) is 12.7. The third kappa shape index (κ3) is 4.39. The molecule has 0 saturated carbocycles. The van der Waals surface area contributed by atoms with E-state index >= 15 is 0 Å². The molecule has 1 rings (SSSR count). The van der Waals surface area contributed by atoms with Crippen LogP contribution < -0.4 is 5.32 Å². The topological polar surface area (TPSA) is 21.3 Å². The average molecular weight is 235 g/mol. The minimum absolute atomic E-state index is 0.373. The summed E-state index contributed by atoms with van der Waals surface area (Å²) in [7, 11) is 1.76. The van der Waals surface area contributed by atoms with Crippen molar-refractivity contribution in [1.29, 1.82) is 0 Å². The van der Waals surface area contributed by atoms with Crippen molar-refractivity contribution in [3.05, 3.63) is 29.8 Å². The number of aryl methyl sites for hydroxylation is 1. The predicted octanol–water partition coefficient (Wildman–Crippen LogP) is 3.72. The summed E-state index contributed by atoms with van der Waals surface area (Å²) in [5, 5.41) is 3.61. The highest BCUT2D eigenvalue weighted by Crippen LogP contribution is 2.19. The quantitative estimate of drug-likeness (QED) is 0.777. The lowest BCUT2D eigenvalue weighted by Crippen LogP contribution is -2.30. The van der Waals surface area contributed by atoms with Gasteiger partial charge in [-0.25, -0.2) is 0 Å². The molecule has 96 valence electrons. The normalized spacial score (nSPS) is 12.8. The monoisotopic (exact) mass is 235 g/mol. The maximum atomic E-state index is 5.27. The van der Waals surface area contributed by atoms with Gasteiger partial charge in [0.1, 0.15) is 0 Å². The Morgan fingerprint density at radius 1 is 1.24 bits per heavy atom. The zero-order valence-electron chi connectivity index (χ0n) is 11.5. The Kier molecular flexibility index (Phi) is 6.06. The lowest BCUT2D eigenvalue weighted by atomic mass is 10.0. The molecule has 0 heterocycles. The third-order valence-corrected chi connectivity index (χ3v) is 3.03. The largest absolute Gasteiger partial charge is 0.383 e. The number of hydrogen-bond donors (Lipinski definition) is 1. The fourth-order valence-corrected chi connectivity index (χ4v) is 1.93. The molecule has 1 aromatic rings. The molecule has 0 aliphatic rings. The second kappa shape index (κ2) is 7.33. The van der Waals surface area contributed by atoms with Crippen molar-refractivity contribution in [3.8, 4) is 0 Å². The number of rotatable bonds is 7. The minimum atomic E-state index is 0.373. The zero-order valence-corrected chi connectivity index (χ0v) is 11.5. The Bertz CT molecular complexity index is 322. The Morgan fingerprint density at radius 3 is 2.53 bits per heavy atom. The maximum Gasteiger partial charge on any atom is 0.0666 e. The predicted molar refractivity (Wildman–Crippen MR) is 74.6 cm³/mol. The number of hydrogen-bond acceptors (Lipinski definition) is 2. The molecule has 1 atom stereocenters. The van der Waals surface area contributed by atoms with Gasteiger partial charge in [0.2, 0.25) is 0 Å². The molecule has 2 nitrogen and oxygen atoms in total. The summed E-state index contributed by atoms with van der Waals surface area (Å²) in [6, 6.07) is 8.94. The van der Waals surface area contributed by atoms with Crippen LogP contribution in [0.4, 0.5) is 5.69 Å². The summed E-state index contributed by atoms with van der Waals surface area (Å²) in [6.45, 7) is 7.40. The van der Waals surface area contributed by atoms with Gasteiger partial charge in [-0.2, -0.15) is 0 Å². The van der Waals surface area contributed by atoms with E-state index in [1.54, 1.807) is 7.11 Å². The van der Waals surface area contributed by atoms with Gasteiger partial charge in [0, 0.05) is 12.8 Å². The smallest absolute Gasteiger partial charge is 0.0666 e. The minimum Gasteiger partial charge on any atom is -0.383 e. The summed E-state index contributed by atoms with van der Waals surface area (Å²) in [5.41, 5.74) is 2.65. The second-order valence-electron chi connectivity index (χ2n) is 4.86. The van der Waals surface area contributed by atoms with Crippen LogP contribution >= 0.6 is 0 Å². The molecule has 0 fully saturated rings. The van der Waals surface area contributed by atoms with E-state index in [0.29, 0.717) is 12.0 Å². The molecule has 17 heavy (non-hydrogen) atoms. The molecule has 0 aliphatic heterocycles. The first-order valence-electron chi connectivity index (χ1n) is 6.52. The number of ether oxygens (including phenoxy) is 1. The number of para-hydroxylation sites is 1. The molecule has 2 heteroatoms. The van der Waals surface area contributed by atoms with Crippen LogP contribution in [0.3, 0.4) is 0 Å². The van der Waals surface area contributed by atoms with Gasteiger partial charge in [0.25, 0.3) is 0 Å². The number of anilines is 1. The fraction of sp³-hybridized carbons (Fsp3) is 0.600. The van der Waals surface area contributed by atoms with Gasteiger partial charge in [0.05, 0.1) is 12.6 Å². The lowest BCUT2D eigenvalue weighted by molar-refractivity contribution is 0.171. The standard InChI is InChI=1S/C15H25NO/c1-5-8-13-9-6-7-10-14(13)16-15(11-17-4)12(2)3/h6-7,9-10,12,15-16H,5,8,11H2,1-4H3. The number of benzene rings is 1. The highest BCUT2D eigenvalue weighted by atomic mass is 16.5. The van der Waals surface area contributed by atoms with E-state index in [9.17, 15) is 0 Å². The number of methoxy groups -OCH3 is 1. The SMILES string of the molecule is CCCc1ccccc1NC(COC)C(C)C. The lowest BCUT2D eigenvalue weighted by Gasteiger charge is -2.24. The first kappa shape index (κ1) is 14.0. The molecule has 0 amide bonds. The van der Waals surface area contributed by atoms with Crippen molar-refractivity contribution in [2.45, 2.75) is 39.7 Å². The number of nitrogens with one attached hydrogen (secondary N) is 1. The van der Waals surface area contributed by atoms with E-state index in [0.717, 1.165) is 13.0 Å². The third-order valence-electron chi connectivity index (χ3n) is 3.03. The van der Waals surface area contributed by atoms with Crippen molar-refractivity contribution >= 4 is 5.69 Å². The van der Waals surface area contributed by atoms with Crippen molar-refractivity contribution in [2.24, 2.45) is 5.92 Å². The van der Waals surface area contributed by atoms with E-state index in [1.807, 2.05) is 0 Å². The van der Waals surface area contributed by atoms with Crippen LogP contribution in [0.25, 0.3) is 0 Å². The summed E-state index contributed by atoms with van der Waals surface area (Å²) < 4.78 is 5.27. The molecule has 0 bridgehead atoms. The highest BCUT2D eigenvalue weighted by Gasteiger charge is 2.13. The molecule has 1 N–H and O–H groups in total. The molecule has 1 unspecified atom stereocenters. The summed E-state index contributed by atoms with van der Waals surface area (Å²) in [4.78, 5) is 0. The average Bonchev–Trinajstić information content (AvgIpc) is 2.31. The first-order chi connectivity index (χ1) is 8.19. The summed E-state index contributed by atoms with van der Waals surface area (Å²) >= 11 is 0. The van der Waals surface area contributed by atoms with Crippen molar-refractivity contribution < 1.29 is 4.74 Å². The van der Waals surface area contributed by atoms with Crippen molar-refractivity contribution in [2.75, 3.05) is 19.0 Å². The van der Waals surface area contributed by atoms with Crippen LogP contribution in [0.1, 0.15) is 32.8 Å². The summed E-state index contributed by atoms with van der Waals surface area (Å²) in [6.07, 6.45) is 2.30. The van der Waals surface area contributed by atoms with Gasteiger partial charge in [-0.05, 0) is 24.0 Å². The van der Waals surface area contributed by atoms with Crippen molar-refractivity contribution in [1.82, 2.24) is 0 Å².